The van der Waals surface area contributed by atoms with Crippen LogP contribution in [0.5, 0.6) is 0 Å². The maximum Gasteiger partial charge on any atom is 0.325 e. The number of nitrogens with zero attached hydrogens (tertiary/aromatic N) is 1. The third kappa shape index (κ3) is 2.66. The fourth-order valence-electron chi connectivity index (χ4n) is 2.54. The number of halogens is 1. The molecule has 6 heteroatoms. The molecule has 3 amide bonds. The first kappa shape index (κ1) is 14.1. The lowest BCUT2D eigenvalue weighted by atomic mass is 9.99. The van der Waals surface area contributed by atoms with E-state index in [4.69, 9.17) is 16.3 Å². The summed E-state index contributed by atoms with van der Waals surface area (Å²) >= 11 is 5.82. The third-order valence-electron chi connectivity index (χ3n) is 3.74. The van der Waals surface area contributed by atoms with Crippen LogP contribution >= 0.6 is 11.6 Å². The van der Waals surface area contributed by atoms with Crippen LogP contribution in [-0.2, 0) is 9.53 Å². The molecule has 2 aliphatic heterocycles. The number of benzene rings is 1. The second-order valence-electron chi connectivity index (χ2n) is 5.18. The molecule has 3 rings (SSSR count). The molecule has 0 saturated carbocycles. The molecule has 5 nitrogen and oxygen atoms in total. The Morgan fingerprint density at radius 2 is 2.10 bits per heavy atom. The Labute approximate surface area is 127 Å². The van der Waals surface area contributed by atoms with Crippen molar-refractivity contribution in [3.05, 3.63) is 40.9 Å². The number of hydrogen-bond donors (Lipinski definition) is 1. The van der Waals surface area contributed by atoms with Crippen molar-refractivity contribution < 1.29 is 14.3 Å². The Hall–Kier alpha value is -1.85. The van der Waals surface area contributed by atoms with Crippen molar-refractivity contribution in [1.29, 1.82) is 0 Å². The number of imide groups is 1. The van der Waals surface area contributed by atoms with E-state index in [9.17, 15) is 9.59 Å². The number of carbonyl (C=O) groups excluding carboxylic acids is 2. The van der Waals surface area contributed by atoms with Crippen LogP contribution in [0.3, 0.4) is 0 Å². The summed E-state index contributed by atoms with van der Waals surface area (Å²) < 4.78 is 5.24. The Morgan fingerprint density at radius 1 is 1.33 bits per heavy atom. The van der Waals surface area contributed by atoms with Gasteiger partial charge in [0.05, 0.1) is 6.61 Å². The molecular weight excluding hydrogens is 292 g/mol. The second kappa shape index (κ2) is 5.50. The van der Waals surface area contributed by atoms with Crippen LogP contribution in [0, 0.1) is 0 Å². The van der Waals surface area contributed by atoms with Gasteiger partial charge in [-0.2, -0.15) is 0 Å². The molecule has 0 aliphatic carbocycles. The molecule has 1 N–H and O–H groups in total. The maximum absolute atomic E-state index is 12.3. The Bertz CT molecular complexity index is 591. The van der Waals surface area contributed by atoms with Crippen LogP contribution < -0.4 is 5.32 Å². The van der Waals surface area contributed by atoms with Crippen LogP contribution in [0.2, 0.25) is 5.02 Å². The molecule has 110 valence electrons. The first-order valence-corrected chi connectivity index (χ1v) is 7.12. The van der Waals surface area contributed by atoms with E-state index < -0.39 is 5.54 Å². The van der Waals surface area contributed by atoms with Crippen LogP contribution in [0.1, 0.15) is 12.0 Å². The van der Waals surface area contributed by atoms with Gasteiger partial charge in [-0.15, -0.1) is 0 Å². The molecule has 0 radical (unpaired) electrons. The lowest BCUT2D eigenvalue weighted by Gasteiger charge is -2.17. The summed E-state index contributed by atoms with van der Waals surface area (Å²) in [5.74, 6) is -0.203. The quantitative estimate of drug-likeness (QED) is 0.870. The molecular formula is C15H15ClN2O3. The normalized spacial score (nSPS) is 25.3. The third-order valence-corrected chi connectivity index (χ3v) is 3.99. The van der Waals surface area contributed by atoms with Crippen LogP contribution in [-0.4, -0.2) is 42.1 Å². The number of amides is 3. The summed E-state index contributed by atoms with van der Waals surface area (Å²) in [6.07, 6.45) is 4.18. The van der Waals surface area contributed by atoms with Gasteiger partial charge in [-0.3, -0.25) is 9.69 Å². The average molecular weight is 307 g/mol. The van der Waals surface area contributed by atoms with Gasteiger partial charge in [0.25, 0.3) is 5.91 Å². The van der Waals surface area contributed by atoms with E-state index in [1.165, 1.54) is 4.90 Å². The Kier molecular flexibility index (Phi) is 3.69. The molecule has 0 bridgehead atoms. The van der Waals surface area contributed by atoms with Crippen molar-refractivity contribution in [1.82, 2.24) is 10.2 Å². The summed E-state index contributed by atoms with van der Waals surface area (Å²) in [7, 11) is 0. The summed E-state index contributed by atoms with van der Waals surface area (Å²) in [5.41, 5.74) is 0.121. The van der Waals surface area contributed by atoms with Crippen molar-refractivity contribution in [2.24, 2.45) is 0 Å². The zero-order chi connectivity index (χ0) is 14.9. The molecule has 1 unspecified atom stereocenters. The van der Waals surface area contributed by atoms with E-state index in [1.807, 2.05) is 18.2 Å². The molecule has 1 spiro atoms. The fourth-order valence-corrected chi connectivity index (χ4v) is 2.67. The summed E-state index contributed by atoms with van der Waals surface area (Å²) in [6.45, 7) is 1.00. The zero-order valence-corrected chi connectivity index (χ0v) is 12.1. The predicted octanol–water partition coefficient (Wildman–Crippen LogP) is 2.06. The average Bonchev–Trinajstić information content (AvgIpc) is 3.02. The second-order valence-corrected chi connectivity index (χ2v) is 5.62. The summed E-state index contributed by atoms with van der Waals surface area (Å²) in [4.78, 5) is 25.5. The molecule has 21 heavy (non-hydrogen) atoms. The molecule has 0 aromatic heterocycles. The van der Waals surface area contributed by atoms with Crippen LogP contribution in [0.25, 0.3) is 6.08 Å². The summed E-state index contributed by atoms with van der Waals surface area (Å²) in [6, 6.07) is 6.97. The number of hydrogen-bond acceptors (Lipinski definition) is 3. The van der Waals surface area contributed by atoms with E-state index in [0.29, 0.717) is 18.1 Å². The van der Waals surface area contributed by atoms with Crippen LogP contribution in [0.4, 0.5) is 4.79 Å². The number of ether oxygens (including phenoxy) is 1. The highest BCUT2D eigenvalue weighted by atomic mass is 35.5. The minimum atomic E-state index is -0.842. The number of nitrogens with one attached hydrogen (secondary N) is 1. The number of rotatable bonds is 3. The number of urea groups is 1. The molecule has 1 atom stereocenters. The van der Waals surface area contributed by atoms with E-state index in [0.717, 1.165) is 5.56 Å². The molecule has 2 fully saturated rings. The molecule has 1 aromatic carbocycles. The minimum Gasteiger partial charge on any atom is -0.378 e. The first-order valence-electron chi connectivity index (χ1n) is 6.75. The summed E-state index contributed by atoms with van der Waals surface area (Å²) in [5, 5.41) is 3.42. The van der Waals surface area contributed by atoms with Crippen LogP contribution in [0.15, 0.2) is 30.3 Å². The largest absolute Gasteiger partial charge is 0.378 e. The Morgan fingerprint density at radius 3 is 2.76 bits per heavy atom. The fraction of sp³-hybridized carbons (Fsp3) is 0.333. The number of carbonyl (C=O) groups is 2. The molecule has 2 saturated heterocycles. The first-order chi connectivity index (χ1) is 10.1. The standard InChI is InChI=1S/C15H15ClN2O3/c16-12-5-3-11(4-6-12)2-1-8-18-13(19)15(17-14(18)20)7-9-21-10-15/h1-6H,7-10H2,(H,17,20). The highest BCUT2D eigenvalue weighted by Crippen LogP contribution is 2.26. The monoisotopic (exact) mass is 306 g/mol. The van der Waals surface area contributed by atoms with Crippen molar-refractivity contribution in [2.45, 2.75) is 12.0 Å². The van der Waals surface area contributed by atoms with Gasteiger partial charge in [0.15, 0.2) is 0 Å². The topological polar surface area (TPSA) is 58.6 Å². The zero-order valence-electron chi connectivity index (χ0n) is 11.3. The SMILES string of the molecule is O=C1NC2(CCOC2)C(=O)N1CC=Cc1ccc(Cl)cc1. The predicted molar refractivity (Wildman–Crippen MR) is 78.9 cm³/mol. The lowest BCUT2D eigenvalue weighted by Crippen LogP contribution is -2.47. The van der Waals surface area contributed by atoms with E-state index in [2.05, 4.69) is 5.32 Å². The molecule has 1 aromatic rings. The van der Waals surface area contributed by atoms with Gasteiger partial charge in [0, 0.05) is 24.6 Å². The molecule has 2 aliphatic rings. The van der Waals surface area contributed by atoms with Gasteiger partial charge in [-0.1, -0.05) is 35.9 Å². The minimum absolute atomic E-state index is 0.203. The van der Waals surface area contributed by atoms with Crippen molar-refractivity contribution in [2.75, 3.05) is 19.8 Å². The van der Waals surface area contributed by atoms with E-state index in [-0.39, 0.29) is 25.1 Å². The van der Waals surface area contributed by atoms with Gasteiger partial charge in [0.1, 0.15) is 5.54 Å². The van der Waals surface area contributed by atoms with Crippen molar-refractivity contribution in [3.63, 3.8) is 0 Å². The van der Waals surface area contributed by atoms with E-state index in [1.54, 1.807) is 18.2 Å². The van der Waals surface area contributed by atoms with Gasteiger partial charge in [-0.25, -0.2) is 4.79 Å². The maximum atomic E-state index is 12.3. The van der Waals surface area contributed by atoms with Crippen molar-refractivity contribution in [3.8, 4) is 0 Å². The van der Waals surface area contributed by atoms with Gasteiger partial charge in [-0.05, 0) is 17.7 Å². The molecule has 2 heterocycles. The Balaban J connectivity index is 1.66. The van der Waals surface area contributed by atoms with Gasteiger partial charge >= 0.3 is 6.03 Å². The van der Waals surface area contributed by atoms with Crippen molar-refractivity contribution >= 4 is 29.6 Å². The smallest absolute Gasteiger partial charge is 0.325 e. The van der Waals surface area contributed by atoms with E-state index >= 15 is 0 Å². The highest BCUT2D eigenvalue weighted by molar-refractivity contribution is 6.30. The highest BCUT2D eigenvalue weighted by Gasteiger charge is 2.53. The lowest BCUT2D eigenvalue weighted by molar-refractivity contribution is -0.130. The van der Waals surface area contributed by atoms with Gasteiger partial charge in [0.2, 0.25) is 0 Å². The van der Waals surface area contributed by atoms with Gasteiger partial charge < -0.3 is 10.1 Å².